The molecule has 4 rings (SSSR count). The number of terminal acetylenes is 1. The highest BCUT2D eigenvalue weighted by atomic mass is 16.6. The molecule has 0 radical (unpaired) electrons. The van der Waals surface area contributed by atoms with Gasteiger partial charge in [0.1, 0.15) is 24.4 Å². The molecule has 17 atom stereocenters. The zero-order valence-electron chi connectivity index (χ0n) is 41.7. The Morgan fingerprint density at radius 2 is 1.63 bits per heavy atom. The van der Waals surface area contributed by atoms with Crippen molar-refractivity contribution in [3.8, 4) is 12.3 Å². The quantitative estimate of drug-likeness (QED) is 0.0621. The third-order valence-corrected chi connectivity index (χ3v) is 14.7. The summed E-state index contributed by atoms with van der Waals surface area (Å²) in [7, 11) is 3.13. The number of oxime groups is 1. The number of nitrogens with two attached hydrogens (primary N) is 1. The number of aliphatic hydroxyl groups excluding tert-OH is 5. The molecule has 3 aliphatic heterocycles. The van der Waals surface area contributed by atoms with Gasteiger partial charge in [-0.2, -0.15) is 0 Å². The van der Waals surface area contributed by atoms with Crippen LogP contribution in [-0.4, -0.2) is 153 Å². The lowest BCUT2D eigenvalue weighted by atomic mass is 9.80. The van der Waals surface area contributed by atoms with Gasteiger partial charge in [0.05, 0.1) is 36.2 Å². The Morgan fingerprint density at radius 3 is 2.32 bits per heavy atom. The van der Waals surface area contributed by atoms with Gasteiger partial charge in [-0.15, -0.1) is 6.42 Å². The van der Waals surface area contributed by atoms with E-state index in [4.69, 9.17) is 35.9 Å². The number of allylic oxidation sites excluding steroid dienone is 5. The molecular weight excluding hydrogens is 875 g/mol. The van der Waals surface area contributed by atoms with Crippen molar-refractivity contribution >= 4 is 17.5 Å². The first-order valence-corrected chi connectivity index (χ1v) is 24.7. The van der Waals surface area contributed by atoms with E-state index in [1.54, 1.807) is 41.1 Å². The number of fused-ring (bicyclic) bond motifs is 3. The Morgan fingerprint density at radius 1 is 0.897 bits per heavy atom. The molecule has 3 heterocycles. The third kappa shape index (κ3) is 15.6. The predicted octanol–water partition coefficient (Wildman–Crippen LogP) is 4.24. The van der Waals surface area contributed by atoms with Crippen LogP contribution in [0.1, 0.15) is 119 Å². The Kier molecular flexibility index (Phi) is 23.0. The Bertz CT molecular complexity index is 1810. The fourth-order valence-electron chi connectivity index (χ4n) is 10.3. The van der Waals surface area contributed by atoms with Crippen molar-refractivity contribution in [3.63, 3.8) is 0 Å². The van der Waals surface area contributed by atoms with E-state index in [1.165, 1.54) is 4.90 Å². The van der Waals surface area contributed by atoms with Crippen molar-refractivity contribution in [2.24, 2.45) is 40.5 Å². The molecule has 2 saturated heterocycles. The van der Waals surface area contributed by atoms with Crippen LogP contribution in [0, 0.1) is 41.9 Å². The monoisotopic (exact) mass is 958 g/mol. The molecule has 16 heteroatoms. The van der Waals surface area contributed by atoms with Crippen LogP contribution in [0.15, 0.2) is 52.8 Å². The van der Waals surface area contributed by atoms with Crippen LogP contribution < -0.4 is 5.73 Å². The number of hydrogen-bond donors (Lipinski definition) is 7. The number of carbonyl (C=O) groups excluding carboxylic acids is 2. The minimum Gasteiger partial charge on any atom is -0.459 e. The van der Waals surface area contributed by atoms with Gasteiger partial charge in [0, 0.05) is 57.4 Å². The number of cyclic esters (lactones) is 1. The summed E-state index contributed by atoms with van der Waals surface area (Å²) in [5, 5.41) is 73.4. The fourth-order valence-corrected chi connectivity index (χ4v) is 10.3. The predicted molar refractivity (Wildman–Crippen MR) is 258 cm³/mol. The Balaban J connectivity index is 1.73. The molecule has 0 aromatic heterocycles. The number of nitrogens with zero attached hydrogens (tertiary/aromatic N) is 2. The van der Waals surface area contributed by atoms with E-state index >= 15 is 0 Å². The average Bonchev–Trinajstić information content (AvgIpc) is 3.31. The van der Waals surface area contributed by atoms with Gasteiger partial charge < -0.3 is 60.2 Å². The number of carbonyl (C=O) groups is 2. The second-order valence-corrected chi connectivity index (χ2v) is 20.0. The summed E-state index contributed by atoms with van der Waals surface area (Å²) in [6.07, 6.45) is 13.0. The van der Waals surface area contributed by atoms with Crippen LogP contribution in [-0.2, 0) is 33.4 Å². The van der Waals surface area contributed by atoms with E-state index in [2.05, 4.69) is 11.1 Å². The van der Waals surface area contributed by atoms with Crippen LogP contribution in [0.3, 0.4) is 0 Å². The maximum absolute atomic E-state index is 14.4. The van der Waals surface area contributed by atoms with E-state index in [1.807, 2.05) is 51.2 Å². The molecule has 0 aromatic rings. The molecule has 1 unspecified atom stereocenters. The van der Waals surface area contributed by atoms with Crippen molar-refractivity contribution in [1.29, 1.82) is 0 Å². The molecule has 0 spiro atoms. The van der Waals surface area contributed by atoms with E-state index in [-0.39, 0.29) is 55.6 Å². The second-order valence-electron chi connectivity index (χ2n) is 20.0. The molecule has 3 fully saturated rings. The highest BCUT2D eigenvalue weighted by molar-refractivity contribution is 5.91. The van der Waals surface area contributed by atoms with Gasteiger partial charge in [-0.25, -0.2) is 0 Å². The summed E-state index contributed by atoms with van der Waals surface area (Å²) >= 11 is 0. The molecule has 4 aliphatic rings. The van der Waals surface area contributed by atoms with Gasteiger partial charge in [-0.1, -0.05) is 81.6 Å². The summed E-state index contributed by atoms with van der Waals surface area (Å²) < 4.78 is 23.9. The van der Waals surface area contributed by atoms with E-state index in [0.29, 0.717) is 69.8 Å². The minimum atomic E-state index is -2.35. The molecular formula is C52H83N3O13. The van der Waals surface area contributed by atoms with Crippen LogP contribution >= 0.6 is 0 Å². The number of esters is 1. The fraction of sp³-hybridized carbons (Fsp3) is 0.750. The number of hydrogen-bond acceptors (Lipinski definition) is 16. The highest BCUT2D eigenvalue weighted by Gasteiger charge is 2.53. The van der Waals surface area contributed by atoms with Gasteiger partial charge in [0.2, 0.25) is 11.6 Å². The van der Waals surface area contributed by atoms with Gasteiger partial charge in [-0.05, 0) is 94.6 Å². The number of ketones is 1. The van der Waals surface area contributed by atoms with E-state index in [9.17, 15) is 40.2 Å². The first-order chi connectivity index (χ1) is 32.2. The molecule has 68 heavy (non-hydrogen) atoms. The number of Topliss-reactive ketones (excluding diaryl/α,β-unsaturated/α-hetero) is 1. The summed E-state index contributed by atoms with van der Waals surface area (Å²) in [5.74, 6) is -3.29. The zero-order valence-corrected chi connectivity index (χ0v) is 41.7. The number of methoxy groups -OCH3 is 2. The first-order valence-electron chi connectivity index (χ1n) is 24.7. The van der Waals surface area contributed by atoms with Gasteiger partial charge in [0.25, 0.3) is 0 Å². The smallest absolute Gasteiger partial charge is 0.323 e. The normalized spacial score (nSPS) is 42.0. The lowest BCUT2D eigenvalue weighted by Crippen LogP contribution is -2.62. The standard InChI is InChI=1S/C52H83N3O13/c1-10-24-66-54-46-34(5)25-31(2)16-12-11-13-17-32(3)43(64-8)29-38-21-19-36(7)52(63,68-38)49(60)50(61)55-23-15-14-18-40(55)51(62)67-44(30-42(57)33(4)26-35(6)47(58)48(46)59)39(53)27-37-20-22-41(56)45(28-37)65-9/h1,11-13,16-17,26,31,33-34,36-45,47-48,50,56-59,61,63H,14-15,18-25,27-30,53H2,2-9H3/b13-11+,16-12+,32-17+,35-26+,54-46-/t31-,33-,34-,36-,37+,38+,39-,40+,41-,42-,43+,44+,45-,47-,48+,50?,52-/m1/s1. The molecule has 2 bridgehead atoms. The largest absolute Gasteiger partial charge is 0.459 e. The van der Waals surface area contributed by atoms with Crippen molar-refractivity contribution in [2.45, 2.75) is 192 Å². The molecule has 8 N–H and O–H groups in total. The molecule has 16 nitrogen and oxygen atoms in total. The number of rotatable bonds is 7. The Hall–Kier alpha value is -3.31. The summed E-state index contributed by atoms with van der Waals surface area (Å²) in [5.41, 5.74) is 8.35. The van der Waals surface area contributed by atoms with Crippen molar-refractivity contribution < 1.29 is 64.0 Å². The minimum absolute atomic E-state index is 0.0163. The third-order valence-electron chi connectivity index (χ3n) is 14.7. The van der Waals surface area contributed by atoms with Gasteiger partial charge in [0.15, 0.2) is 12.8 Å². The van der Waals surface area contributed by atoms with Crippen molar-refractivity contribution in [1.82, 2.24) is 4.90 Å². The molecule has 1 saturated carbocycles. The lowest BCUT2D eigenvalue weighted by Gasteiger charge is -2.45. The number of aliphatic hydroxyl groups is 6. The van der Waals surface area contributed by atoms with Crippen LogP contribution in [0.2, 0.25) is 0 Å². The summed E-state index contributed by atoms with van der Waals surface area (Å²) in [6.45, 7) is 10.9. The highest BCUT2D eigenvalue weighted by Crippen LogP contribution is 2.38. The topological polar surface area (TPSA) is 243 Å². The van der Waals surface area contributed by atoms with Crippen molar-refractivity contribution in [3.05, 3.63) is 47.6 Å². The molecule has 0 aromatic carbocycles. The number of ether oxygens (including phenoxy) is 4. The Labute approximate surface area is 404 Å². The maximum Gasteiger partial charge on any atom is 0.323 e. The second kappa shape index (κ2) is 27.3. The summed E-state index contributed by atoms with van der Waals surface area (Å²) in [6, 6.07) is -1.86. The van der Waals surface area contributed by atoms with Crippen LogP contribution in [0.5, 0.6) is 0 Å². The van der Waals surface area contributed by atoms with Crippen LogP contribution in [0.25, 0.3) is 0 Å². The van der Waals surface area contributed by atoms with Gasteiger partial charge in [-0.3, -0.25) is 14.5 Å². The molecule has 0 amide bonds. The van der Waals surface area contributed by atoms with E-state index in [0.717, 1.165) is 5.57 Å². The van der Waals surface area contributed by atoms with Crippen molar-refractivity contribution in [2.75, 3.05) is 27.4 Å². The molecule has 1 aliphatic carbocycles. The van der Waals surface area contributed by atoms with E-state index < -0.39 is 90.4 Å². The SMILES string of the molecule is C#CCO/N=C1/[C@H](C)C[C@H](C)/C=C/C=C/C=C(\C)[C@@H](OC)C[C@@H]2CC[C@@H](C)[C@@](O)(O2)C(=O)C(O)N2CCCC[C@H]2C(=O)O[C@H]([C@H](N)C[C@@H]2CC[C@@H](O)[C@H](OC)C2)C[C@@H](O)[C@H](C)/C=C(\C)[C@@H](O)[C@H]1O. The zero-order chi connectivity index (χ0) is 50.3. The maximum atomic E-state index is 14.4. The average molecular weight is 958 g/mol. The van der Waals surface area contributed by atoms with Gasteiger partial charge >= 0.3 is 5.97 Å². The first kappa shape index (κ1) is 57.3. The van der Waals surface area contributed by atoms with Crippen LogP contribution in [0.4, 0.5) is 0 Å². The number of piperidine rings is 1. The molecule has 384 valence electrons. The summed E-state index contributed by atoms with van der Waals surface area (Å²) in [4.78, 5) is 35.4. The lowest BCUT2D eigenvalue weighted by molar-refractivity contribution is -0.275.